The number of carbonyl (C=O) groups is 1. The van der Waals surface area contributed by atoms with E-state index in [0.29, 0.717) is 12.2 Å². The minimum absolute atomic E-state index is 0.00569. The first kappa shape index (κ1) is 19.1. The largest absolute Gasteiger partial charge is 0.360 e. The number of sulfonamides is 1. The summed E-state index contributed by atoms with van der Waals surface area (Å²) in [5.41, 5.74) is 3.40. The third-order valence-electron chi connectivity index (χ3n) is 4.19. The Balaban J connectivity index is 1.50. The number of nitrogens with zero attached hydrogens (tertiary/aromatic N) is 1. The Morgan fingerprint density at radius 1 is 1.22 bits per heavy atom. The summed E-state index contributed by atoms with van der Waals surface area (Å²) in [5.74, 6) is -0.0124. The van der Waals surface area contributed by atoms with Gasteiger partial charge in [0.25, 0.3) is 0 Å². The van der Waals surface area contributed by atoms with E-state index in [9.17, 15) is 13.2 Å². The molecular formula is C18H22N4O4S. The number of amides is 1. The van der Waals surface area contributed by atoms with Crippen molar-refractivity contribution < 1.29 is 17.7 Å². The molecule has 8 nitrogen and oxygen atoms in total. The maximum atomic E-state index is 12.3. The van der Waals surface area contributed by atoms with E-state index in [0.717, 1.165) is 22.2 Å². The predicted octanol–water partition coefficient (Wildman–Crippen LogP) is 2.07. The van der Waals surface area contributed by atoms with Gasteiger partial charge in [-0.25, -0.2) is 13.1 Å². The number of rotatable bonds is 7. The van der Waals surface area contributed by atoms with Crippen molar-refractivity contribution in [2.45, 2.75) is 38.6 Å². The van der Waals surface area contributed by atoms with Gasteiger partial charge < -0.3 is 14.8 Å². The van der Waals surface area contributed by atoms with Crippen LogP contribution in [0.2, 0.25) is 0 Å². The number of aromatic nitrogens is 2. The zero-order chi connectivity index (χ0) is 19.6. The summed E-state index contributed by atoms with van der Waals surface area (Å²) < 4.78 is 31.8. The highest BCUT2D eigenvalue weighted by Crippen LogP contribution is 2.18. The Bertz CT molecular complexity index is 1060. The lowest BCUT2D eigenvalue weighted by Crippen LogP contribution is -2.31. The molecular weight excluding hydrogens is 368 g/mol. The lowest BCUT2D eigenvalue weighted by molar-refractivity contribution is -0.121. The van der Waals surface area contributed by atoms with Crippen molar-refractivity contribution in [1.29, 1.82) is 0 Å². The molecule has 3 N–H and O–H groups in total. The fourth-order valence-electron chi connectivity index (χ4n) is 2.96. The number of hydrogen-bond acceptors (Lipinski definition) is 5. The van der Waals surface area contributed by atoms with Gasteiger partial charge in [-0.15, -0.1) is 0 Å². The van der Waals surface area contributed by atoms with Gasteiger partial charge in [-0.3, -0.25) is 4.79 Å². The van der Waals surface area contributed by atoms with Crippen LogP contribution in [0.5, 0.6) is 0 Å². The SMILES string of the molecule is Cc1cc2cc(CNC(=O)CCNS(=O)(=O)c3c(C)noc3C)ccc2[nH]1. The van der Waals surface area contributed by atoms with E-state index < -0.39 is 10.0 Å². The van der Waals surface area contributed by atoms with E-state index in [2.05, 4.69) is 20.2 Å². The minimum Gasteiger partial charge on any atom is -0.360 e. The molecule has 0 fully saturated rings. The number of hydrogen-bond donors (Lipinski definition) is 3. The highest BCUT2D eigenvalue weighted by atomic mass is 32.2. The second-order valence-corrected chi connectivity index (χ2v) is 8.16. The highest BCUT2D eigenvalue weighted by Gasteiger charge is 2.23. The average Bonchev–Trinajstić information content (AvgIpc) is 3.13. The molecule has 0 unspecified atom stereocenters. The highest BCUT2D eigenvalue weighted by molar-refractivity contribution is 7.89. The summed E-state index contributed by atoms with van der Waals surface area (Å²) in [4.78, 5) is 15.3. The molecule has 0 saturated heterocycles. The van der Waals surface area contributed by atoms with Gasteiger partial charge in [0.15, 0.2) is 5.76 Å². The molecule has 144 valence electrons. The first-order valence-corrected chi connectivity index (χ1v) is 10.0. The number of carbonyl (C=O) groups excluding carboxylic acids is 1. The van der Waals surface area contributed by atoms with Crippen LogP contribution in [0, 0.1) is 20.8 Å². The molecule has 1 amide bonds. The van der Waals surface area contributed by atoms with Crippen molar-refractivity contribution in [1.82, 2.24) is 20.2 Å². The Labute approximate surface area is 157 Å². The Kier molecular flexibility index (Phi) is 5.33. The van der Waals surface area contributed by atoms with Gasteiger partial charge in [-0.05, 0) is 49.9 Å². The van der Waals surface area contributed by atoms with E-state index in [-0.39, 0.29) is 29.5 Å². The molecule has 0 aliphatic rings. The van der Waals surface area contributed by atoms with Gasteiger partial charge >= 0.3 is 0 Å². The maximum Gasteiger partial charge on any atom is 0.245 e. The third-order valence-corrected chi connectivity index (χ3v) is 5.89. The predicted molar refractivity (Wildman–Crippen MR) is 101 cm³/mol. The van der Waals surface area contributed by atoms with Crippen molar-refractivity contribution in [3.8, 4) is 0 Å². The van der Waals surface area contributed by atoms with Crippen LogP contribution in [0.3, 0.4) is 0 Å². The number of aryl methyl sites for hydroxylation is 3. The second-order valence-electron chi connectivity index (χ2n) is 6.45. The van der Waals surface area contributed by atoms with Crippen LogP contribution in [0.25, 0.3) is 10.9 Å². The van der Waals surface area contributed by atoms with Crippen molar-refractivity contribution in [2.24, 2.45) is 0 Å². The molecule has 27 heavy (non-hydrogen) atoms. The lowest BCUT2D eigenvalue weighted by Gasteiger charge is -2.08. The number of H-pyrrole nitrogens is 1. The number of nitrogens with one attached hydrogen (secondary N) is 3. The standard InChI is InChI=1S/C18H22N4O4S/c1-11-8-15-9-14(4-5-16(15)21-11)10-19-17(23)6-7-20-27(24,25)18-12(2)22-26-13(18)3/h4-5,8-9,20-21H,6-7,10H2,1-3H3,(H,19,23). The van der Waals surface area contributed by atoms with Gasteiger partial charge in [-0.1, -0.05) is 11.2 Å². The van der Waals surface area contributed by atoms with Crippen LogP contribution in [0.1, 0.15) is 29.1 Å². The van der Waals surface area contributed by atoms with Crippen LogP contribution in [0.4, 0.5) is 0 Å². The van der Waals surface area contributed by atoms with Crippen molar-refractivity contribution >= 4 is 26.8 Å². The van der Waals surface area contributed by atoms with Crippen LogP contribution in [-0.2, 0) is 21.4 Å². The van der Waals surface area contributed by atoms with Gasteiger partial charge in [0.05, 0.1) is 0 Å². The molecule has 2 heterocycles. The van der Waals surface area contributed by atoms with Gasteiger partial charge in [0, 0.05) is 30.7 Å². The van der Waals surface area contributed by atoms with E-state index >= 15 is 0 Å². The Morgan fingerprint density at radius 2 is 2.00 bits per heavy atom. The molecule has 9 heteroatoms. The Hall–Kier alpha value is -2.65. The first-order chi connectivity index (χ1) is 12.8. The Morgan fingerprint density at radius 3 is 2.70 bits per heavy atom. The first-order valence-electron chi connectivity index (χ1n) is 8.54. The van der Waals surface area contributed by atoms with Crippen LogP contribution < -0.4 is 10.0 Å². The molecule has 0 atom stereocenters. The molecule has 1 aromatic carbocycles. The topological polar surface area (TPSA) is 117 Å². The van der Waals surface area contributed by atoms with Crippen molar-refractivity contribution in [3.05, 3.63) is 47.0 Å². The molecule has 3 aromatic rings. The molecule has 0 aliphatic carbocycles. The lowest BCUT2D eigenvalue weighted by atomic mass is 10.1. The van der Waals surface area contributed by atoms with Crippen LogP contribution in [-0.4, -0.2) is 31.0 Å². The smallest absolute Gasteiger partial charge is 0.245 e. The maximum absolute atomic E-state index is 12.3. The molecule has 0 bridgehead atoms. The van der Waals surface area contributed by atoms with Gasteiger partial charge in [0.2, 0.25) is 15.9 Å². The fraction of sp³-hybridized carbons (Fsp3) is 0.333. The molecule has 0 radical (unpaired) electrons. The fourth-order valence-corrected chi connectivity index (χ4v) is 4.31. The van der Waals surface area contributed by atoms with Crippen LogP contribution in [0.15, 0.2) is 33.7 Å². The normalized spacial score (nSPS) is 11.8. The van der Waals surface area contributed by atoms with E-state index in [1.54, 1.807) is 6.92 Å². The molecule has 2 aromatic heterocycles. The van der Waals surface area contributed by atoms with Crippen molar-refractivity contribution in [3.63, 3.8) is 0 Å². The zero-order valence-corrected chi connectivity index (χ0v) is 16.2. The molecule has 0 aliphatic heterocycles. The summed E-state index contributed by atoms with van der Waals surface area (Å²) >= 11 is 0. The van der Waals surface area contributed by atoms with E-state index in [4.69, 9.17) is 4.52 Å². The van der Waals surface area contributed by atoms with E-state index in [1.165, 1.54) is 6.92 Å². The van der Waals surface area contributed by atoms with E-state index in [1.807, 2.05) is 31.2 Å². The summed E-state index contributed by atoms with van der Waals surface area (Å²) in [6.45, 7) is 5.46. The summed E-state index contributed by atoms with van der Waals surface area (Å²) in [5, 5.41) is 7.52. The summed E-state index contributed by atoms with van der Waals surface area (Å²) in [7, 11) is -3.75. The number of benzene rings is 1. The number of fused-ring (bicyclic) bond motifs is 1. The van der Waals surface area contributed by atoms with Crippen molar-refractivity contribution in [2.75, 3.05) is 6.54 Å². The minimum atomic E-state index is -3.75. The van der Waals surface area contributed by atoms with Crippen LogP contribution >= 0.6 is 0 Å². The molecule has 0 saturated carbocycles. The number of aromatic amines is 1. The quantitative estimate of drug-likeness (QED) is 0.571. The average molecular weight is 390 g/mol. The molecule has 3 rings (SSSR count). The molecule has 0 spiro atoms. The summed E-state index contributed by atoms with van der Waals surface area (Å²) in [6.07, 6.45) is 0.0358. The zero-order valence-electron chi connectivity index (χ0n) is 15.4. The third kappa shape index (κ3) is 4.37. The van der Waals surface area contributed by atoms with Gasteiger partial charge in [0.1, 0.15) is 10.6 Å². The summed E-state index contributed by atoms with van der Waals surface area (Å²) in [6, 6.07) is 7.98. The second kappa shape index (κ2) is 7.53. The monoisotopic (exact) mass is 390 g/mol. The van der Waals surface area contributed by atoms with Gasteiger partial charge in [-0.2, -0.15) is 0 Å².